The summed E-state index contributed by atoms with van der Waals surface area (Å²) in [4.78, 5) is 19.5. The molecule has 0 fully saturated rings. The Hall–Kier alpha value is -2.04. The summed E-state index contributed by atoms with van der Waals surface area (Å²) in [5.74, 6) is -0.333. The van der Waals surface area contributed by atoms with E-state index in [1.54, 1.807) is 12.1 Å². The van der Waals surface area contributed by atoms with Gasteiger partial charge < -0.3 is 16.8 Å². The molecule has 76 valence electrons. The van der Waals surface area contributed by atoms with Crippen LogP contribution in [0.3, 0.4) is 0 Å². The highest BCUT2D eigenvalue weighted by Gasteiger charge is 1.90. The molecule has 0 bridgehead atoms. The van der Waals surface area contributed by atoms with Crippen molar-refractivity contribution in [2.45, 2.75) is 6.92 Å². The molecular weight excluding hydrogens is 182 g/mol. The number of hydrogen-bond donors (Lipinski definition) is 3. The van der Waals surface area contributed by atoms with Crippen molar-refractivity contribution in [2.24, 2.45) is 11.5 Å². The molecule has 0 aliphatic carbocycles. The summed E-state index contributed by atoms with van der Waals surface area (Å²) in [6.45, 7) is 1.31. The number of amides is 3. The van der Waals surface area contributed by atoms with Gasteiger partial charge >= 0.3 is 6.03 Å². The summed E-state index contributed by atoms with van der Waals surface area (Å²) in [5, 5.41) is 2.44. The number of benzene rings is 1. The van der Waals surface area contributed by atoms with Gasteiger partial charge in [-0.05, 0) is 12.1 Å². The van der Waals surface area contributed by atoms with E-state index in [2.05, 4.69) is 11.1 Å². The number of para-hydroxylation sites is 1. The van der Waals surface area contributed by atoms with E-state index in [9.17, 15) is 9.59 Å². The quantitative estimate of drug-likeness (QED) is 0.613. The van der Waals surface area contributed by atoms with Gasteiger partial charge in [0.15, 0.2) is 0 Å². The fraction of sp³-hybridized carbons (Fsp3) is 0.111. The standard InChI is InChI=1S/C7H8N2O.C2H5NO/c8-7(10)9-6-4-2-1-3-5-6;1-2(3)4/h1-5H,(H3,8,9,10);1H3,(H2,3,4). The molecule has 5 heteroatoms. The van der Waals surface area contributed by atoms with Gasteiger partial charge in [0.25, 0.3) is 0 Å². The van der Waals surface area contributed by atoms with Gasteiger partial charge in [0.1, 0.15) is 0 Å². The van der Waals surface area contributed by atoms with Crippen molar-refractivity contribution in [1.82, 2.24) is 0 Å². The fourth-order valence-electron chi connectivity index (χ4n) is 0.664. The van der Waals surface area contributed by atoms with Crippen LogP contribution < -0.4 is 16.8 Å². The number of carbonyl (C=O) groups is 2. The highest BCUT2D eigenvalue weighted by molar-refractivity contribution is 5.87. The van der Waals surface area contributed by atoms with Crippen molar-refractivity contribution in [2.75, 3.05) is 5.32 Å². The Morgan fingerprint density at radius 3 is 1.93 bits per heavy atom. The van der Waals surface area contributed by atoms with Crippen molar-refractivity contribution >= 4 is 17.6 Å². The van der Waals surface area contributed by atoms with Gasteiger partial charge in [-0.3, -0.25) is 4.79 Å². The minimum atomic E-state index is -0.536. The molecule has 0 radical (unpaired) electrons. The Bertz CT molecular complexity index is 294. The van der Waals surface area contributed by atoms with Crippen molar-refractivity contribution in [3.8, 4) is 0 Å². The third-order valence-corrected chi connectivity index (χ3v) is 1.04. The van der Waals surface area contributed by atoms with Crippen LogP contribution in [0.2, 0.25) is 0 Å². The molecule has 0 spiro atoms. The normalized spacial score (nSPS) is 8.07. The van der Waals surface area contributed by atoms with Gasteiger partial charge in [0, 0.05) is 12.6 Å². The summed E-state index contributed by atoms with van der Waals surface area (Å²) < 4.78 is 0. The molecule has 0 aliphatic heterocycles. The summed E-state index contributed by atoms with van der Waals surface area (Å²) in [6.07, 6.45) is 0. The summed E-state index contributed by atoms with van der Waals surface area (Å²) in [7, 11) is 0. The molecule has 0 atom stereocenters. The van der Waals surface area contributed by atoms with E-state index in [1.165, 1.54) is 6.92 Å². The number of urea groups is 1. The topological polar surface area (TPSA) is 98.2 Å². The zero-order valence-electron chi connectivity index (χ0n) is 7.86. The lowest BCUT2D eigenvalue weighted by Gasteiger charge is -1.97. The van der Waals surface area contributed by atoms with Crippen LogP contribution >= 0.6 is 0 Å². The van der Waals surface area contributed by atoms with E-state index >= 15 is 0 Å². The molecule has 14 heavy (non-hydrogen) atoms. The first-order chi connectivity index (χ1) is 6.52. The van der Waals surface area contributed by atoms with Crippen LogP contribution in [-0.4, -0.2) is 11.9 Å². The van der Waals surface area contributed by atoms with Crippen LogP contribution in [-0.2, 0) is 4.79 Å². The predicted molar refractivity (Wildman–Crippen MR) is 54.5 cm³/mol. The number of nitrogens with two attached hydrogens (primary N) is 2. The van der Waals surface area contributed by atoms with Crippen LogP contribution in [0.15, 0.2) is 30.3 Å². The molecule has 5 nitrogen and oxygen atoms in total. The maximum atomic E-state index is 10.3. The van der Waals surface area contributed by atoms with Crippen LogP contribution in [0.25, 0.3) is 0 Å². The first-order valence-corrected chi connectivity index (χ1v) is 3.90. The zero-order chi connectivity index (χ0) is 11.0. The van der Waals surface area contributed by atoms with E-state index < -0.39 is 6.03 Å². The molecule has 0 unspecified atom stereocenters. The minimum absolute atomic E-state index is 0.333. The average Bonchev–Trinajstić information content (AvgIpc) is 2.03. The number of nitrogens with one attached hydrogen (secondary N) is 1. The van der Waals surface area contributed by atoms with E-state index in [1.807, 2.05) is 18.2 Å². The Kier molecular flexibility index (Phi) is 5.53. The monoisotopic (exact) mass is 195 g/mol. The highest BCUT2D eigenvalue weighted by atomic mass is 16.2. The highest BCUT2D eigenvalue weighted by Crippen LogP contribution is 2.03. The lowest BCUT2D eigenvalue weighted by atomic mass is 10.3. The van der Waals surface area contributed by atoms with Crippen molar-refractivity contribution in [3.05, 3.63) is 30.3 Å². The van der Waals surface area contributed by atoms with Gasteiger partial charge in [-0.15, -0.1) is 0 Å². The van der Waals surface area contributed by atoms with E-state index in [0.29, 0.717) is 0 Å². The van der Waals surface area contributed by atoms with Gasteiger partial charge in [-0.1, -0.05) is 18.2 Å². The average molecular weight is 195 g/mol. The molecule has 1 rings (SSSR count). The Morgan fingerprint density at radius 2 is 1.57 bits per heavy atom. The Balaban J connectivity index is 0.000000364. The van der Waals surface area contributed by atoms with Crippen LogP contribution in [0.1, 0.15) is 6.92 Å². The number of rotatable bonds is 1. The molecule has 1 aromatic rings. The van der Waals surface area contributed by atoms with Crippen molar-refractivity contribution in [1.29, 1.82) is 0 Å². The lowest BCUT2D eigenvalue weighted by Crippen LogP contribution is -2.18. The second kappa shape index (κ2) is 6.47. The van der Waals surface area contributed by atoms with Crippen LogP contribution in [0.5, 0.6) is 0 Å². The number of carbonyl (C=O) groups excluding carboxylic acids is 2. The van der Waals surface area contributed by atoms with E-state index in [4.69, 9.17) is 5.73 Å². The first-order valence-electron chi connectivity index (χ1n) is 3.90. The maximum absolute atomic E-state index is 10.3. The first kappa shape index (κ1) is 12.0. The smallest absolute Gasteiger partial charge is 0.316 e. The Labute approximate surface area is 82.1 Å². The number of anilines is 1. The molecule has 0 aliphatic rings. The summed E-state index contributed by atoms with van der Waals surface area (Å²) in [5.41, 5.74) is 10.1. The van der Waals surface area contributed by atoms with Crippen molar-refractivity contribution in [3.63, 3.8) is 0 Å². The van der Waals surface area contributed by atoms with E-state index in [-0.39, 0.29) is 5.91 Å². The molecular formula is C9H13N3O2. The SMILES string of the molecule is CC(N)=O.NC(=O)Nc1ccccc1. The summed E-state index contributed by atoms with van der Waals surface area (Å²) in [6, 6.07) is 8.52. The fourth-order valence-corrected chi connectivity index (χ4v) is 0.664. The summed E-state index contributed by atoms with van der Waals surface area (Å²) >= 11 is 0. The molecule has 0 aromatic heterocycles. The third kappa shape index (κ3) is 8.06. The maximum Gasteiger partial charge on any atom is 0.316 e. The predicted octanol–water partition coefficient (Wildman–Crippen LogP) is 0.669. The second-order valence-corrected chi connectivity index (χ2v) is 2.47. The molecule has 5 N–H and O–H groups in total. The second-order valence-electron chi connectivity index (χ2n) is 2.47. The molecule has 1 aromatic carbocycles. The van der Waals surface area contributed by atoms with E-state index in [0.717, 1.165) is 5.69 Å². The van der Waals surface area contributed by atoms with Crippen LogP contribution in [0.4, 0.5) is 10.5 Å². The minimum Gasteiger partial charge on any atom is -0.370 e. The molecule has 0 saturated carbocycles. The van der Waals surface area contributed by atoms with Gasteiger partial charge in [-0.2, -0.15) is 0 Å². The largest absolute Gasteiger partial charge is 0.370 e. The number of hydrogen-bond acceptors (Lipinski definition) is 2. The lowest BCUT2D eigenvalue weighted by molar-refractivity contribution is -0.115. The molecule has 0 saturated heterocycles. The third-order valence-electron chi connectivity index (χ3n) is 1.04. The van der Waals surface area contributed by atoms with Crippen LogP contribution in [0, 0.1) is 0 Å². The molecule has 3 amide bonds. The zero-order valence-corrected chi connectivity index (χ0v) is 7.86. The van der Waals surface area contributed by atoms with Crippen molar-refractivity contribution < 1.29 is 9.59 Å². The van der Waals surface area contributed by atoms with Gasteiger partial charge in [0.05, 0.1) is 0 Å². The van der Waals surface area contributed by atoms with Gasteiger partial charge in [0.2, 0.25) is 5.91 Å². The van der Waals surface area contributed by atoms with Gasteiger partial charge in [-0.25, -0.2) is 4.79 Å². The number of primary amides is 2. The Morgan fingerprint density at radius 1 is 1.14 bits per heavy atom. The molecule has 0 heterocycles.